The molecule has 8 nitrogen and oxygen atoms in total. The molecular formula is C16H21IN2O6. The molecule has 2 atom stereocenters. The van der Waals surface area contributed by atoms with Crippen LogP contribution in [-0.2, 0) is 20.7 Å². The number of carbonyl (C=O) groups excluding carboxylic acids is 2. The summed E-state index contributed by atoms with van der Waals surface area (Å²) >= 11 is 1.92. The Bertz CT molecular complexity index is 642. The predicted molar refractivity (Wildman–Crippen MR) is 99.5 cm³/mol. The van der Waals surface area contributed by atoms with E-state index < -0.39 is 32.7 Å². The zero-order chi connectivity index (χ0) is 19.2. The molecule has 0 fully saturated rings. The molecular weight excluding hydrogens is 443 g/mol. The third-order valence-electron chi connectivity index (χ3n) is 2.82. The Balaban J connectivity index is 2.94. The minimum absolute atomic E-state index is 0.0448. The second-order valence-corrected chi connectivity index (χ2v) is 8.06. The summed E-state index contributed by atoms with van der Waals surface area (Å²) in [7, 11) is 0. The van der Waals surface area contributed by atoms with E-state index in [0.29, 0.717) is 5.56 Å². The summed E-state index contributed by atoms with van der Waals surface area (Å²) < 4.78 is 9.90. The van der Waals surface area contributed by atoms with E-state index in [1.54, 1.807) is 33.8 Å². The van der Waals surface area contributed by atoms with Crippen molar-refractivity contribution in [3.05, 3.63) is 39.9 Å². The van der Waals surface area contributed by atoms with Gasteiger partial charge in [-0.25, -0.2) is 9.59 Å². The number of hydrogen-bond donors (Lipinski definition) is 1. The monoisotopic (exact) mass is 464 g/mol. The number of halogens is 1. The maximum Gasteiger partial charge on any atom is 0.408 e. The molecule has 9 heteroatoms. The Kier molecular flexibility index (Phi) is 7.59. The van der Waals surface area contributed by atoms with Crippen molar-refractivity contribution in [3.63, 3.8) is 0 Å². The zero-order valence-electron chi connectivity index (χ0n) is 14.4. The van der Waals surface area contributed by atoms with Crippen LogP contribution in [0, 0.1) is 10.1 Å². The maximum atomic E-state index is 12.2. The van der Waals surface area contributed by atoms with Crippen molar-refractivity contribution in [2.75, 3.05) is 0 Å². The fraction of sp³-hybridized carbons (Fsp3) is 0.500. The number of nitro benzene ring substituents is 1. The van der Waals surface area contributed by atoms with E-state index in [2.05, 4.69) is 5.32 Å². The Morgan fingerprint density at radius 1 is 1.36 bits per heavy atom. The Hall–Kier alpha value is -1.91. The molecule has 1 aromatic carbocycles. The largest absolute Gasteiger partial charge is 0.450 e. The number of carbonyl (C=O) groups is 2. The van der Waals surface area contributed by atoms with Gasteiger partial charge in [0.1, 0.15) is 15.8 Å². The molecule has 0 radical (unpaired) electrons. The van der Waals surface area contributed by atoms with Crippen molar-refractivity contribution in [2.45, 2.75) is 49.9 Å². The van der Waals surface area contributed by atoms with E-state index in [9.17, 15) is 19.7 Å². The maximum absolute atomic E-state index is 12.2. The molecule has 25 heavy (non-hydrogen) atoms. The summed E-state index contributed by atoms with van der Waals surface area (Å²) in [6, 6.07) is 4.84. The highest BCUT2D eigenvalue weighted by atomic mass is 127. The number of rotatable bonds is 6. The molecule has 0 aliphatic rings. The first-order chi connectivity index (χ1) is 11.5. The summed E-state index contributed by atoms with van der Waals surface area (Å²) in [4.78, 5) is 34.6. The molecule has 0 bridgehead atoms. The third-order valence-corrected chi connectivity index (χ3v) is 3.07. The van der Waals surface area contributed by atoms with Crippen LogP contribution in [-0.4, -0.2) is 32.7 Å². The number of nitrogens with zero attached hydrogens (tertiary/aromatic N) is 1. The molecule has 0 saturated carbocycles. The van der Waals surface area contributed by atoms with Crippen molar-refractivity contribution in [3.8, 4) is 0 Å². The highest BCUT2D eigenvalue weighted by molar-refractivity contribution is 14.1. The normalized spacial score (nSPS) is 13.5. The highest BCUT2D eigenvalue weighted by Crippen LogP contribution is 2.16. The molecule has 0 spiro atoms. The van der Waals surface area contributed by atoms with Gasteiger partial charge in [0.05, 0.1) is 4.92 Å². The summed E-state index contributed by atoms with van der Waals surface area (Å²) in [6.45, 7) is 6.78. The van der Waals surface area contributed by atoms with Crippen LogP contribution < -0.4 is 5.32 Å². The fourth-order valence-corrected chi connectivity index (χ4v) is 2.17. The van der Waals surface area contributed by atoms with Crippen molar-refractivity contribution in [2.24, 2.45) is 0 Å². The van der Waals surface area contributed by atoms with E-state index >= 15 is 0 Å². The molecule has 0 heterocycles. The first-order valence-corrected chi connectivity index (χ1v) is 8.80. The van der Waals surface area contributed by atoms with Gasteiger partial charge in [-0.1, -0.05) is 12.1 Å². The van der Waals surface area contributed by atoms with E-state index in [4.69, 9.17) is 9.47 Å². The number of amides is 1. The lowest BCUT2D eigenvalue weighted by Crippen LogP contribution is -2.45. The van der Waals surface area contributed by atoms with E-state index in [1.165, 1.54) is 18.2 Å². The number of nitro groups is 1. The second-order valence-electron chi connectivity index (χ2n) is 6.31. The fourth-order valence-electron chi connectivity index (χ4n) is 1.92. The number of non-ortho nitro benzene ring substituents is 1. The standard InChI is InChI=1S/C16H21IN2O6/c1-10(17)24-14(20)13(18-15(21)25-16(2,3)4)9-11-6-5-7-12(8-11)19(22)23/h5-8,10,13H,9H2,1-4H3,(H,18,21)/t10?,13-/m1/s1. The van der Waals surface area contributed by atoms with Gasteiger partial charge in [-0.3, -0.25) is 10.1 Å². The molecule has 1 N–H and O–H groups in total. The minimum atomic E-state index is -1.02. The van der Waals surface area contributed by atoms with Gasteiger partial charge >= 0.3 is 12.1 Å². The molecule has 0 aromatic heterocycles. The molecule has 0 aliphatic heterocycles. The van der Waals surface area contributed by atoms with E-state index in [0.717, 1.165) is 0 Å². The Morgan fingerprint density at radius 2 is 2.00 bits per heavy atom. The van der Waals surface area contributed by atoms with Gasteiger partial charge < -0.3 is 14.8 Å². The molecule has 1 rings (SSSR count). The summed E-state index contributed by atoms with van der Waals surface area (Å²) in [5, 5.41) is 13.3. The van der Waals surface area contributed by atoms with Crippen molar-refractivity contribution in [1.29, 1.82) is 0 Å². The van der Waals surface area contributed by atoms with Crippen LogP contribution in [0.25, 0.3) is 0 Å². The van der Waals surface area contributed by atoms with E-state index in [-0.39, 0.29) is 12.1 Å². The van der Waals surface area contributed by atoms with Gasteiger partial charge in [0.15, 0.2) is 0 Å². The summed E-state index contributed by atoms with van der Waals surface area (Å²) in [5.41, 5.74) is -0.293. The van der Waals surface area contributed by atoms with Crippen molar-refractivity contribution >= 4 is 40.3 Å². The smallest absolute Gasteiger partial charge is 0.408 e. The number of ether oxygens (including phenoxy) is 2. The number of benzene rings is 1. The van der Waals surface area contributed by atoms with E-state index in [1.807, 2.05) is 22.6 Å². The van der Waals surface area contributed by atoms with Crippen LogP contribution in [0.3, 0.4) is 0 Å². The van der Waals surface area contributed by atoms with Crippen LogP contribution in [0.2, 0.25) is 0 Å². The van der Waals surface area contributed by atoms with Gasteiger partial charge in [0.25, 0.3) is 5.69 Å². The number of hydrogen-bond acceptors (Lipinski definition) is 6. The van der Waals surface area contributed by atoms with Crippen LogP contribution >= 0.6 is 22.6 Å². The average molecular weight is 464 g/mol. The number of nitrogens with one attached hydrogen (secondary N) is 1. The molecule has 138 valence electrons. The molecule has 0 saturated heterocycles. The average Bonchev–Trinajstić information content (AvgIpc) is 2.44. The van der Waals surface area contributed by atoms with Crippen molar-refractivity contribution < 1.29 is 24.0 Å². The lowest BCUT2D eigenvalue weighted by molar-refractivity contribution is -0.384. The first-order valence-electron chi connectivity index (χ1n) is 7.55. The van der Waals surface area contributed by atoms with Crippen molar-refractivity contribution in [1.82, 2.24) is 5.32 Å². The van der Waals surface area contributed by atoms with Crippen LogP contribution in [0.5, 0.6) is 0 Å². The number of alkyl halides is 1. The summed E-state index contributed by atoms with van der Waals surface area (Å²) in [6.07, 6.45) is -0.718. The zero-order valence-corrected chi connectivity index (χ0v) is 16.6. The Labute approximate surface area is 159 Å². The van der Waals surface area contributed by atoms with Crippen LogP contribution in [0.15, 0.2) is 24.3 Å². The lowest BCUT2D eigenvalue weighted by atomic mass is 10.1. The van der Waals surface area contributed by atoms with Crippen LogP contribution in [0.4, 0.5) is 10.5 Å². The highest BCUT2D eigenvalue weighted by Gasteiger charge is 2.27. The molecule has 1 unspecified atom stereocenters. The summed E-state index contributed by atoms with van der Waals surface area (Å²) in [5.74, 6) is -0.640. The van der Waals surface area contributed by atoms with Crippen LogP contribution in [0.1, 0.15) is 33.3 Å². The second kappa shape index (κ2) is 8.97. The number of esters is 1. The van der Waals surface area contributed by atoms with Gasteiger partial charge in [-0.15, -0.1) is 0 Å². The third kappa shape index (κ3) is 8.14. The topological polar surface area (TPSA) is 108 Å². The van der Waals surface area contributed by atoms with Gasteiger partial charge in [0.2, 0.25) is 0 Å². The lowest BCUT2D eigenvalue weighted by Gasteiger charge is -2.23. The number of alkyl carbamates (subject to hydrolysis) is 1. The molecule has 0 aliphatic carbocycles. The molecule has 1 amide bonds. The SMILES string of the molecule is CC(I)OC(=O)[C@@H](Cc1cccc([N+](=O)[O-])c1)NC(=O)OC(C)(C)C. The van der Waals surface area contributed by atoms with Gasteiger partial charge in [-0.05, 0) is 55.8 Å². The van der Waals surface area contributed by atoms with Gasteiger partial charge in [0, 0.05) is 18.6 Å². The minimum Gasteiger partial charge on any atom is -0.450 e. The quantitative estimate of drug-likeness (QED) is 0.228. The first kappa shape index (κ1) is 21.1. The predicted octanol–water partition coefficient (Wildman–Crippen LogP) is 3.35. The van der Waals surface area contributed by atoms with Gasteiger partial charge in [-0.2, -0.15) is 0 Å². The Morgan fingerprint density at radius 3 is 2.52 bits per heavy atom. The molecule has 1 aromatic rings.